The molecule has 4 rings (SSSR count). The molecular weight excluding hydrogens is 476 g/mol. The molecule has 4 aromatic rings. The van der Waals surface area contributed by atoms with Crippen LogP contribution in [0.15, 0.2) is 66.7 Å². The molecule has 0 saturated heterocycles. The zero-order valence-corrected chi connectivity index (χ0v) is 19.2. The van der Waals surface area contributed by atoms with Crippen LogP contribution in [0.4, 0.5) is 43.7 Å². The summed E-state index contributed by atoms with van der Waals surface area (Å²) in [6, 6.07) is 16.5. The van der Waals surface area contributed by atoms with Crippen molar-refractivity contribution in [2.24, 2.45) is 0 Å². The fourth-order valence-corrected chi connectivity index (χ4v) is 3.11. The zero-order valence-electron chi connectivity index (χ0n) is 18.4. The van der Waals surface area contributed by atoms with E-state index in [0.29, 0.717) is 22.1 Å². The number of hydrogen-bond acceptors (Lipinski definition) is 7. The largest absolute Gasteiger partial charge is 0.345 e. The van der Waals surface area contributed by atoms with Gasteiger partial charge in [0.15, 0.2) is 0 Å². The molecule has 0 fully saturated rings. The van der Waals surface area contributed by atoms with Crippen LogP contribution in [-0.4, -0.2) is 27.4 Å². The molecule has 1 aromatic heterocycles. The van der Waals surface area contributed by atoms with Gasteiger partial charge in [0.05, 0.1) is 6.54 Å². The highest BCUT2D eigenvalue weighted by Gasteiger charge is 2.10. The zero-order chi connectivity index (χ0) is 24.8. The Labute approximate surface area is 204 Å². The normalized spacial score (nSPS) is 10.5. The van der Waals surface area contributed by atoms with Crippen molar-refractivity contribution in [3.05, 3.63) is 89.0 Å². The van der Waals surface area contributed by atoms with Gasteiger partial charge in [0.1, 0.15) is 11.6 Å². The lowest BCUT2D eigenvalue weighted by atomic mass is 10.2. The number of halogens is 3. The monoisotopic (exact) mass is 495 g/mol. The molecule has 0 atom stereocenters. The number of aromatic nitrogens is 3. The molecule has 0 bridgehead atoms. The van der Waals surface area contributed by atoms with Gasteiger partial charge in [-0.2, -0.15) is 15.0 Å². The number of hydrogen-bond donors (Lipinski definition) is 4. The Morgan fingerprint density at radius 3 is 1.77 bits per heavy atom. The number of carbonyl (C=O) groups is 1. The Kier molecular flexibility index (Phi) is 7.32. The molecule has 3 aromatic carbocycles. The van der Waals surface area contributed by atoms with E-state index in [1.807, 2.05) is 6.92 Å². The average Bonchev–Trinajstić information content (AvgIpc) is 2.83. The van der Waals surface area contributed by atoms with Gasteiger partial charge >= 0.3 is 0 Å². The van der Waals surface area contributed by atoms with Crippen LogP contribution in [0, 0.1) is 18.6 Å². The van der Waals surface area contributed by atoms with Crippen molar-refractivity contribution in [1.82, 2.24) is 15.0 Å². The molecule has 0 unspecified atom stereocenters. The molecule has 0 saturated carbocycles. The van der Waals surface area contributed by atoms with E-state index in [1.165, 1.54) is 48.5 Å². The molecule has 0 aliphatic rings. The third-order valence-electron chi connectivity index (χ3n) is 4.70. The second-order valence-electron chi connectivity index (χ2n) is 7.44. The minimum atomic E-state index is -0.381. The van der Waals surface area contributed by atoms with Crippen molar-refractivity contribution in [1.29, 1.82) is 0 Å². The van der Waals surface area contributed by atoms with Gasteiger partial charge in [0.25, 0.3) is 0 Å². The minimum absolute atomic E-state index is 0.103. The number of nitrogens with zero attached hydrogens (tertiary/aromatic N) is 3. The van der Waals surface area contributed by atoms with E-state index in [2.05, 4.69) is 36.2 Å². The standard InChI is InChI=1S/C24H20ClF2N7O/c1-14-2-7-19(12-20(14)25)29-21(35)13-28-22-32-23(30-17-8-3-15(26)4-9-17)34-24(33-22)31-18-10-5-16(27)6-11-18/h2-12H,13H2,1H3,(H,29,35)(H3,28,30,31,32,33,34). The maximum atomic E-state index is 13.2. The van der Waals surface area contributed by atoms with Crippen molar-refractivity contribution < 1.29 is 13.6 Å². The highest BCUT2D eigenvalue weighted by atomic mass is 35.5. The van der Waals surface area contributed by atoms with Crippen LogP contribution < -0.4 is 21.3 Å². The topological polar surface area (TPSA) is 104 Å². The molecular formula is C24H20ClF2N7O. The highest BCUT2D eigenvalue weighted by Crippen LogP contribution is 2.21. The van der Waals surface area contributed by atoms with Gasteiger partial charge in [-0.05, 0) is 73.2 Å². The molecule has 1 heterocycles. The Hall–Kier alpha value is -4.31. The van der Waals surface area contributed by atoms with E-state index < -0.39 is 0 Å². The summed E-state index contributed by atoms with van der Waals surface area (Å²) >= 11 is 6.11. The first kappa shape index (κ1) is 23.8. The number of rotatable bonds is 8. The quantitative estimate of drug-likeness (QED) is 0.250. The van der Waals surface area contributed by atoms with E-state index in [4.69, 9.17) is 11.6 Å². The van der Waals surface area contributed by atoms with E-state index >= 15 is 0 Å². The Morgan fingerprint density at radius 1 is 0.771 bits per heavy atom. The van der Waals surface area contributed by atoms with Gasteiger partial charge in [-0.15, -0.1) is 0 Å². The third kappa shape index (κ3) is 6.84. The Balaban J connectivity index is 1.50. The van der Waals surface area contributed by atoms with Crippen molar-refractivity contribution in [2.75, 3.05) is 27.8 Å². The maximum absolute atomic E-state index is 13.2. The van der Waals surface area contributed by atoms with Crippen LogP contribution in [0.1, 0.15) is 5.56 Å². The fourth-order valence-electron chi connectivity index (χ4n) is 2.93. The third-order valence-corrected chi connectivity index (χ3v) is 5.11. The number of nitrogens with one attached hydrogen (secondary N) is 4. The van der Waals surface area contributed by atoms with Gasteiger partial charge in [-0.3, -0.25) is 4.79 Å². The van der Waals surface area contributed by atoms with Gasteiger partial charge in [0.2, 0.25) is 23.8 Å². The highest BCUT2D eigenvalue weighted by molar-refractivity contribution is 6.31. The van der Waals surface area contributed by atoms with E-state index in [1.54, 1.807) is 18.2 Å². The van der Waals surface area contributed by atoms with Crippen LogP contribution >= 0.6 is 11.6 Å². The predicted molar refractivity (Wildman–Crippen MR) is 133 cm³/mol. The summed E-state index contributed by atoms with van der Waals surface area (Å²) in [7, 11) is 0. The SMILES string of the molecule is Cc1ccc(NC(=O)CNc2nc(Nc3ccc(F)cc3)nc(Nc3ccc(F)cc3)n2)cc1Cl. The van der Waals surface area contributed by atoms with Crippen molar-refractivity contribution in [3.63, 3.8) is 0 Å². The summed E-state index contributed by atoms with van der Waals surface area (Å²) < 4.78 is 26.5. The lowest BCUT2D eigenvalue weighted by molar-refractivity contribution is -0.114. The average molecular weight is 496 g/mol. The molecule has 0 aliphatic carbocycles. The van der Waals surface area contributed by atoms with Crippen LogP contribution in [0.5, 0.6) is 0 Å². The maximum Gasteiger partial charge on any atom is 0.243 e. The van der Waals surface area contributed by atoms with Gasteiger partial charge < -0.3 is 21.3 Å². The van der Waals surface area contributed by atoms with E-state index in [-0.39, 0.29) is 41.9 Å². The summed E-state index contributed by atoms with van der Waals surface area (Å²) in [5.41, 5.74) is 2.55. The number of anilines is 6. The molecule has 4 N–H and O–H groups in total. The molecule has 35 heavy (non-hydrogen) atoms. The first-order valence-corrected chi connectivity index (χ1v) is 10.8. The lowest BCUT2D eigenvalue weighted by Gasteiger charge is -2.12. The smallest absolute Gasteiger partial charge is 0.243 e. The van der Waals surface area contributed by atoms with Crippen LogP contribution in [0.3, 0.4) is 0 Å². The van der Waals surface area contributed by atoms with Crippen molar-refractivity contribution in [2.45, 2.75) is 6.92 Å². The Morgan fingerprint density at radius 2 is 1.26 bits per heavy atom. The number of benzene rings is 3. The van der Waals surface area contributed by atoms with Gasteiger partial charge in [-0.1, -0.05) is 17.7 Å². The summed E-state index contributed by atoms with van der Waals surface area (Å²) in [6.07, 6.45) is 0. The van der Waals surface area contributed by atoms with Crippen LogP contribution in [0.25, 0.3) is 0 Å². The fraction of sp³-hybridized carbons (Fsp3) is 0.0833. The summed E-state index contributed by atoms with van der Waals surface area (Å²) in [5, 5.41) is 12.1. The lowest BCUT2D eigenvalue weighted by Crippen LogP contribution is -2.23. The van der Waals surface area contributed by atoms with Crippen LogP contribution in [0.2, 0.25) is 5.02 Å². The van der Waals surface area contributed by atoms with Gasteiger partial charge in [0, 0.05) is 22.1 Å². The minimum Gasteiger partial charge on any atom is -0.345 e. The summed E-state index contributed by atoms with van der Waals surface area (Å²) in [6.45, 7) is 1.73. The molecule has 8 nitrogen and oxygen atoms in total. The first-order valence-electron chi connectivity index (χ1n) is 10.5. The van der Waals surface area contributed by atoms with E-state index in [0.717, 1.165) is 5.56 Å². The number of carbonyl (C=O) groups excluding carboxylic acids is 1. The summed E-state index contributed by atoms with van der Waals surface area (Å²) in [5.74, 6) is -0.715. The molecule has 178 valence electrons. The molecule has 0 aliphatic heterocycles. The molecule has 0 spiro atoms. The van der Waals surface area contributed by atoms with Crippen molar-refractivity contribution >= 4 is 52.4 Å². The van der Waals surface area contributed by atoms with Crippen molar-refractivity contribution in [3.8, 4) is 0 Å². The molecule has 0 radical (unpaired) electrons. The number of aryl methyl sites for hydroxylation is 1. The van der Waals surface area contributed by atoms with Gasteiger partial charge in [-0.25, -0.2) is 8.78 Å². The van der Waals surface area contributed by atoms with Crippen LogP contribution in [-0.2, 0) is 4.79 Å². The Bertz CT molecular complexity index is 1270. The molecule has 1 amide bonds. The second-order valence-corrected chi connectivity index (χ2v) is 7.84. The predicted octanol–water partition coefficient (Wildman–Crippen LogP) is 5.65. The second kappa shape index (κ2) is 10.7. The first-order chi connectivity index (χ1) is 16.8. The number of amides is 1. The van der Waals surface area contributed by atoms with E-state index in [9.17, 15) is 13.6 Å². The summed E-state index contributed by atoms with van der Waals surface area (Å²) in [4.78, 5) is 25.2. The molecule has 11 heteroatoms.